The van der Waals surface area contributed by atoms with Gasteiger partial charge in [0.15, 0.2) is 0 Å². The lowest BCUT2D eigenvalue weighted by atomic mass is 10.1. The molecule has 0 radical (unpaired) electrons. The van der Waals surface area contributed by atoms with Crippen LogP contribution >= 0.6 is 15.9 Å². The first-order valence-electron chi connectivity index (χ1n) is 7.23. The highest BCUT2D eigenvalue weighted by molar-refractivity contribution is 9.10. The maximum atomic E-state index is 11.7. The van der Waals surface area contributed by atoms with Crippen molar-refractivity contribution in [2.24, 2.45) is 0 Å². The van der Waals surface area contributed by atoms with Gasteiger partial charge in [-0.2, -0.15) is 0 Å². The first-order chi connectivity index (χ1) is 11.1. The van der Waals surface area contributed by atoms with Crippen molar-refractivity contribution in [3.05, 3.63) is 71.0 Å². The van der Waals surface area contributed by atoms with Crippen molar-refractivity contribution in [2.45, 2.75) is 6.42 Å². The number of rotatable bonds is 4. The molecule has 0 spiro atoms. The third kappa shape index (κ3) is 3.51. The number of amides is 1. The van der Waals surface area contributed by atoms with E-state index in [1.54, 1.807) is 12.4 Å². The van der Waals surface area contributed by atoms with E-state index in [1.165, 1.54) is 4.90 Å². The van der Waals surface area contributed by atoms with Gasteiger partial charge in [-0.05, 0) is 36.2 Å². The summed E-state index contributed by atoms with van der Waals surface area (Å²) in [6.07, 6.45) is 3.12. The van der Waals surface area contributed by atoms with Crippen LogP contribution in [0.3, 0.4) is 0 Å². The Bertz CT molecular complexity index is 846. The lowest BCUT2D eigenvalue weighted by Crippen LogP contribution is -2.31. The number of carbonyl (C=O) groups is 1. The van der Waals surface area contributed by atoms with Crippen LogP contribution in [0.4, 0.5) is 10.5 Å². The van der Waals surface area contributed by atoms with Crippen LogP contribution in [0.15, 0.2) is 65.4 Å². The van der Waals surface area contributed by atoms with Crippen LogP contribution in [0.25, 0.3) is 10.8 Å². The fourth-order valence-electron chi connectivity index (χ4n) is 2.59. The lowest BCUT2D eigenvalue weighted by molar-refractivity contribution is 0.202. The molecule has 4 nitrogen and oxygen atoms in total. The molecule has 1 amide bonds. The van der Waals surface area contributed by atoms with Gasteiger partial charge in [-0.1, -0.05) is 40.2 Å². The van der Waals surface area contributed by atoms with E-state index in [9.17, 15) is 9.90 Å². The summed E-state index contributed by atoms with van der Waals surface area (Å²) in [5.74, 6) is 0. The van der Waals surface area contributed by atoms with Crippen molar-refractivity contribution >= 4 is 38.5 Å². The molecule has 0 atom stereocenters. The van der Waals surface area contributed by atoms with Gasteiger partial charge in [0.2, 0.25) is 0 Å². The van der Waals surface area contributed by atoms with Gasteiger partial charge in [0, 0.05) is 34.2 Å². The van der Waals surface area contributed by atoms with E-state index in [1.807, 2.05) is 48.5 Å². The number of anilines is 1. The molecule has 0 unspecified atom stereocenters. The van der Waals surface area contributed by atoms with Crippen molar-refractivity contribution in [3.8, 4) is 0 Å². The molecule has 0 saturated carbocycles. The molecule has 23 heavy (non-hydrogen) atoms. The summed E-state index contributed by atoms with van der Waals surface area (Å²) in [5, 5.41) is 11.4. The molecule has 0 fully saturated rings. The first-order valence-corrected chi connectivity index (χ1v) is 8.02. The van der Waals surface area contributed by atoms with E-state index in [0.29, 0.717) is 18.7 Å². The van der Waals surface area contributed by atoms with Crippen LogP contribution in [0, 0.1) is 0 Å². The van der Waals surface area contributed by atoms with E-state index in [4.69, 9.17) is 0 Å². The number of halogens is 1. The zero-order chi connectivity index (χ0) is 16.2. The van der Waals surface area contributed by atoms with Gasteiger partial charge >= 0.3 is 6.09 Å². The number of aromatic nitrogens is 1. The second-order valence-electron chi connectivity index (χ2n) is 5.19. The quantitative estimate of drug-likeness (QED) is 0.722. The van der Waals surface area contributed by atoms with Crippen LogP contribution in [0.1, 0.15) is 5.56 Å². The monoisotopic (exact) mass is 370 g/mol. The van der Waals surface area contributed by atoms with Crippen LogP contribution in [-0.2, 0) is 6.42 Å². The highest BCUT2D eigenvalue weighted by Crippen LogP contribution is 2.26. The number of carboxylic acid groups (broad SMARTS) is 1. The summed E-state index contributed by atoms with van der Waals surface area (Å²) in [6.45, 7) is 0.396. The zero-order valence-corrected chi connectivity index (χ0v) is 13.9. The molecule has 116 valence electrons. The molecular weight excluding hydrogens is 356 g/mol. The molecular formula is C18H15BrN2O2. The van der Waals surface area contributed by atoms with E-state index in [-0.39, 0.29) is 0 Å². The largest absolute Gasteiger partial charge is 0.465 e. The zero-order valence-electron chi connectivity index (χ0n) is 12.3. The van der Waals surface area contributed by atoms with Crippen molar-refractivity contribution in [1.29, 1.82) is 0 Å². The molecule has 2 aromatic carbocycles. The smallest absolute Gasteiger partial charge is 0.411 e. The Balaban J connectivity index is 1.90. The predicted octanol–water partition coefficient (Wildman–Crippen LogP) is 4.72. The molecule has 1 aromatic heterocycles. The number of pyridine rings is 1. The summed E-state index contributed by atoms with van der Waals surface area (Å²) in [4.78, 5) is 17.2. The SMILES string of the molecule is O=C(O)N(CCc1cccc(Br)c1)c1cccc2cnccc12. The van der Waals surface area contributed by atoms with Crippen LogP contribution in [-0.4, -0.2) is 22.7 Å². The van der Waals surface area contributed by atoms with Gasteiger partial charge < -0.3 is 5.11 Å². The van der Waals surface area contributed by atoms with Crippen molar-refractivity contribution < 1.29 is 9.90 Å². The fraction of sp³-hybridized carbons (Fsp3) is 0.111. The van der Waals surface area contributed by atoms with Gasteiger partial charge in [-0.25, -0.2) is 4.79 Å². The Morgan fingerprint density at radius 2 is 2.00 bits per heavy atom. The minimum atomic E-state index is -0.954. The number of nitrogens with zero attached hydrogens (tertiary/aromatic N) is 2. The molecule has 1 heterocycles. The second kappa shape index (κ2) is 6.79. The number of benzene rings is 2. The summed E-state index contributed by atoms with van der Waals surface area (Å²) in [6, 6.07) is 15.4. The molecule has 3 rings (SSSR count). The summed E-state index contributed by atoms with van der Waals surface area (Å²) in [5.41, 5.74) is 1.78. The summed E-state index contributed by atoms with van der Waals surface area (Å²) < 4.78 is 0.994. The summed E-state index contributed by atoms with van der Waals surface area (Å²) >= 11 is 3.44. The van der Waals surface area contributed by atoms with Crippen molar-refractivity contribution in [2.75, 3.05) is 11.4 Å². The third-order valence-electron chi connectivity index (χ3n) is 3.69. The topological polar surface area (TPSA) is 53.4 Å². The van der Waals surface area contributed by atoms with Gasteiger partial charge in [-0.3, -0.25) is 9.88 Å². The summed E-state index contributed by atoms with van der Waals surface area (Å²) in [7, 11) is 0. The van der Waals surface area contributed by atoms with Gasteiger partial charge in [0.05, 0.1) is 5.69 Å². The standard InChI is InChI=1S/C18H15BrN2O2/c19-15-5-1-3-13(11-15)8-10-21(18(22)23)17-6-2-4-14-12-20-9-7-16(14)17/h1-7,9,11-12H,8,10H2,(H,22,23). The Morgan fingerprint density at radius 3 is 2.78 bits per heavy atom. The van der Waals surface area contributed by atoms with E-state index in [2.05, 4.69) is 20.9 Å². The van der Waals surface area contributed by atoms with Crippen LogP contribution in [0.2, 0.25) is 0 Å². The Kier molecular flexibility index (Phi) is 4.57. The highest BCUT2D eigenvalue weighted by atomic mass is 79.9. The van der Waals surface area contributed by atoms with E-state index in [0.717, 1.165) is 20.8 Å². The van der Waals surface area contributed by atoms with Gasteiger partial charge in [-0.15, -0.1) is 0 Å². The minimum Gasteiger partial charge on any atom is -0.465 e. The Labute approximate surface area is 142 Å². The molecule has 1 N–H and O–H groups in total. The average molecular weight is 371 g/mol. The van der Waals surface area contributed by atoms with E-state index < -0.39 is 6.09 Å². The van der Waals surface area contributed by atoms with Crippen molar-refractivity contribution in [1.82, 2.24) is 4.98 Å². The second-order valence-corrected chi connectivity index (χ2v) is 6.10. The molecule has 3 aromatic rings. The normalized spacial score (nSPS) is 10.7. The number of fused-ring (bicyclic) bond motifs is 1. The highest BCUT2D eigenvalue weighted by Gasteiger charge is 2.16. The van der Waals surface area contributed by atoms with Gasteiger partial charge in [0.25, 0.3) is 0 Å². The molecule has 0 aliphatic rings. The Hall–Kier alpha value is -2.40. The Morgan fingerprint density at radius 1 is 1.17 bits per heavy atom. The lowest BCUT2D eigenvalue weighted by Gasteiger charge is -2.21. The number of hydrogen-bond donors (Lipinski definition) is 1. The maximum absolute atomic E-state index is 11.7. The average Bonchev–Trinajstić information content (AvgIpc) is 2.55. The molecule has 0 aliphatic heterocycles. The fourth-order valence-corrected chi connectivity index (χ4v) is 3.04. The predicted molar refractivity (Wildman–Crippen MR) is 95.0 cm³/mol. The van der Waals surface area contributed by atoms with Gasteiger partial charge in [0.1, 0.15) is 0 Å². The van der Waals surface area contributed by atoms with Crippen molar-refractivity contribution in [3.63, 3.8) is 0 Å². The number of hydrogen-bond acceptors (Lipinski definition) is 2. The minimum absolute atomic E-state index is 0.396. The van der Waals surface area contributed by atoms with E-state index >= 15 is 0 Å². The maximum Gasteiger partial charge on any atom is 0.411 e. The molecule has 0 bridgehead atoms. The third-order valence-corrected chi connectivity index (χ3v) is 4.19. The van der Waals surface area contributed by atoms with Crippen LogP contribution < -0.4 is 4.90 Å². The molecule has 0 saturated heterocycles. The molecule has 5 heteroatoms. The molecule has 0 aliphatic carbocycles. The first kappa shape index (κ1) is 15.5. The van der Waals surface area contributed by atoms with Crippen LogP contribution in [0.5, 0.6) is 0 Å².